The number of hydrogen-bond donors (Lipinski definition) is 1. The fourth-order valence-electron chi connectivity index (χ4n) is 1.97. The molecule has 0 spiro atoms. The van der Waals surface area contributed by atoms with Gasteiger partial charge in [-0.25, -0.2) is 4.39 Å². The average molecular weight is 224 g/mol. The van der Waals surface area contributed by atoms with Gasteiger partial charge in [-0.2, -0.15) is 0 Å². The molecule has 88 valence electrons. The van der Waals surface area contributed by atoms with E-state index in [9.17, 15) is 4.39 Å². The number of alkyl halides is 1. The van der Waals surface area contributed by atoms with Crippen molar-refractivity contribution in [2.75, 3.05) is 37.7 Å². The smallest absolute Gasteiger partial charge is 0.139 e. The number of morpholine rings is 1. The van der Waals surface area contributed by atoms with Gasteiger partial charge >= 0.3 is 0 Å². The van der Waals surface area contributed by atoms with Gasteiger partial charge in [0.05, 0.1) is 13.2 Å². The van der Waals surface area contributed by atoms with Gasteiger partial charge < -0.3 is 15.4 Å². The summed E-state index contributed by atoms with van der Waals surface area (Å²) < 4.78 is 19.0. The zero-order valence-corrected chi connectivity index (χ0v) is 9.23. The van der Waals surface area contributed by atoms with Gasteiger partial charge in [0.15, 0.2) is 0 Å². The molecule has 1 aromatic rings. The Morgan fingerprint density at radius 3 is 2.69 bits per heavy atom. The van der Waals surface area contributed by atoms with Crippen LogP contribution < -0.4 is 10.6 Å². The topological polar surface area (TPSA) is 38.5 Å². The average Bonchev–Trinajstić information content (AvgIpc) is 2.39. The first-order valence-corrected chi connectivity index (χ1v) is 5.58. The Labute approximate surface area is 95.0 Å². The first-order valence-electron chi connectivity index (χ1n) is 5.58. The molecule has 16 heavy (non-hydrogen) atoms. The number of rotatable bonds is 3. The Hall–Kier alpha value is -1.13. The van der Waals surface area contributed by atoms with Crippen molar-refractivity contribution in [3.05, 3.63) is 29.8 Å². The van der Waals surface area contributed by atoms with E-state index in [-0.39, 0.29) is 6.54 Å². The van der Waals surface area contributed by atoms with Gasteiger partial charge in [-0.05, 0) is 6.07 Å². The highest BCUT2D eigenvalue weighted by molar-refractivity contribution is 5.55. The summed E-state index contributed by atoms with van der Waals surface area (Å²) >= 11 is 0. The Balaban J connectivity index is 2.24. The largest absolute Gasteiger partial charge is 0.378 e. The zero-order valence-electron chi connectivity index (χ0n) is 9.23. The molecule has 0 amide bonds. The van der Waals surface area contributed by atoms with Gasteiger partial charge in [0.2, 0.25) is 0 Å². The highest BCUT2D eigenvalue weighted by Gasteiger charge is 2.18. The second-order valence-electron chi connectivity index (χ2n) is 3.86. The second kappa shape index (κ2) is 5.27. The first kappa shape index (κ1) is 11.4. The van der Waals surface area contributed by atoms with Crippen LogP contribution in [0.1, 0.15) is 11.7 Å². The minimum atomic E-state index is -1.08. The van der Waals surface area contributed by atoms with Crippen molar-refractivity contribution in [2.45, 2.75) is 6.17 Å². The minimum absolute atomic E-state index is 0.0291. The second-order valence-corrected chi connectivity index (χ2v) is 3.86. The molecule has 3 nitrogen and oxygen atoms in total. The molecule has 1 saturated heterocycles. The van der Waals surface area contributed by atoms with Crippen molar-refractivity contribution < 1.29 is 9.13 Å². The fraction of sp³-hybridized carbons (Fsp3) is 0.500. The van der Waals surface area contributed by atoms with E-state index in [2.05, 4.69) is 4.90 Å². The lowest BCUT2D eigenvalue weighted by Crippen LogP contribution is -2.37. The Morgan fingerprint density at radius 2 is 2.00 bits per heavy atom. The van der Waals surface area contributed by atoms with Crippen LogP contribution >= 0.6 is 0 Å². The third-order valence-electron chi connectivity index (χ3n) is 2.83. The molecular formula is C12H17FN2O. The van der Waals surface area contributed by atoms with Crippen LogP contribution in [0.3, 0.4) is 0 Å². The van der Waals surface area contributed by atoms with E-state index in [4.69, 9.17) is 10.5 Å². The molecule has 0 radical (unpaired) electrons. The maximum absolute atomic E-state index is 13.7. The summed E-state index contributed by atoms with van der Waals surface area (Å²) in [5.74, 6) is 0. The van der Waals surface area contributed by atoms with Crippen molar-refractivity contribution in [1.29, 1.82) is 0 Å². The fourth-order valence-corrected chi connectivity index (χ4v) is 1.97. The van der Waals surface area contributed by atoms with E-state index in [1.807, 2.05) is 24.3 Å². The summed E-state index contributed by atoms with van der Waals surface area (Å²) in [5, 5.41) is 0. The highest BCUT2D eigenvalue weighted by Crippen LogP contribution is 2.28. The van der Waals surface area contributed by atoms with E-state index in [1.54, 1.807) is 0 Å². The maximum atomic E-state index is 13.7. The third kappa shape index (κ3) is 2.33. The summed E-state index contributed by atoms with van der Waals surface area (Å²) in [6, 6.07) is 7.53. The summed E-state index contributed by atoms with van der Waals surface area (Å²) in [4.78, 5) is 2.15. The van der Waals surface area contributed by atoms with Gasteiger partial charge in [0, 0.05) is 30.9 Å². The number of halogens is 1. The Morgan fingerprint density at radius 1 is 1.31 bits per heavy atom. The van der Waals surface area contributed by atoms with Crippen molar-refractivity contribution in [3.8, 4) is 0 Å². The van der Waals surface area contributed by atoms with Crippen LogP contribution in [0.2, 0.25) is 0 Å². The van der Waals surface area contributed by atoms with Crippen molar-refractivity contribution >= 4 is 5.69 Å². The third-order valence-corrected chi connectivity index (χ3v) is 2.83. The molecule has 0 saturated carbocycles. The normalized spacial score (nSPS) is 18.5. The number of para-hydroxylation sites is 1. The van der Waals surface area contributed by atoms with Crippen molar-refractivity contribution in [3.63, 3.8) is 0 Å². The van der Waals surface area contributed by atoms with Crippen molar-refractivity contribution in [1.82, 2.24) is 0 Å². The van der Waals surface area contributed by atoms with E-state index < -0.39 is 6.17 Å². The molecule has 4 heteroatoms. The number of nitrogens with zero attached hydrogens (tertiary/aromatic N) is 1. The summed E-state index contributed by atoms with van der Waals surface area (Å²) in [7, 11) is 0. The molecular weight excluding hydrogens is 207 g/mol. The number of nitrogens with two attached hydrogens (primary N) is 1. The monoisotopic (exact) mass is 224 g/mol. The molecule has 0 aromatic heterocycles. The Kier molecular flexibility index (Phi) is 3.74. The lowest BCUT2D eigenvalue weighted by molar-refractivity contribution is 0.122. The predicted octanol–water partition coefficient (Wildman–Crippen LogP) is 1.49. The van der Waals surface area contributed by atoms with Crippen molar-refractivity contribution in [2.24, 2.45) is 5.73 Å². The van der Waals surface area contributed by atoms with Gasteiger partial charge in [-0.1, -0.05) is 18.2 Å². The quantitative estimate of drug-likeness (QED) is 0.845. The van der Waals surface area contributed by atoms with Gasteiger partial charge in [-0.3, -0.25) is 0 Å². The molecule has 1 aromatic carbocycles. The summed E-state index contributed by atoms with van der Waals surface area (Å²) in [5.41, 5.74) is 7.02. The van der Waals surface area contributed by atoms with Crippen LogP contribution in [0.25, 0.3) is 0 Å². The number of benzene rings is 1. The maximum Gasteiger partial charge on any atom is 0.139 e. The van der Waals surface area contributed by atoms with Crippen LogP contribution in [-0.2, 0) is 4.74 Å². The molecule has 1 heterocycles. The number of ether oxygens (including phenoxy) is 1. The van der Waals surface area contributed by atoms with E-state index in [1.165, 1.54) is 0 Å². The molecule has 1 aliphatic rings. The molecule has 1 fully saturated rings. The van der Waals surface area contributed by atoms with Crippen LogP contribution in [0, 0.1) is 0 Å². The summed E-state index contributed by atoms with van der Waals surface area (Å²) in [6.07, 6.45) is -1.08. The van der Waals surface area contributed by atoms with Gasteiger partial charge in [-0.15, -0.1) is 0 Å². The van der Waals surface area contributed by atoms with Crippen LogP contribution in [-0.4, -0.2) is 32.8 Å². The number of anilines is 1. The lowest BCUT2D eigenvalue weighted by Gasteiger charge is -2.31. The molecule has 1 atom stereocenters. The molecule has 2 rings (SSSR count). The molecule has 0 aliphatic carbocycles. The lowest BCUT2D eigenvalue weighted by atomic mass is 10.1. The molecule has 1 unspecified atom stereocenters. The van der Waals surface area contributed by atoms with E-state index >= 15 is 0 Å². The predicted molar refractivity (Wildman–Crippen MR) is 62.4 cm³/mol. The number of hydrogen-bond acceptors (Lipinski definition) is 3. The van der Waals surface area contributed by atoms with Gasteiger partial charge in [0.1, 0.15) is 6.17 Å². The summed E-state index contributed by atoms with van der Waals surface area (Å²) in [6.45, 7) is 3.06. The highest BCUT2D eigenvalue weighted by atomic mass is 19.1. The minimum Gasteiger partial charge on any atom is -0.378 e. The van der Waals surface area contributed by atoms with Crippen LogP contribution in [0.15, 0.2) is 24.3 Å². The standard InChI is InChI=1S/C12H17FN2O/c13-11(9-14)10-3-1-2-4-12(10)15-5-7-16-8-6-15/h1-4,11H,5-9,14H2. The SMILES string of the molecule is NCC(F)c1ccccc1N1CCOCC1. The molecule has 1 aliphatic heterocycles. The van der Waals surface area contributed by atoms with Crippen LogP contribution in [0.5, 0.6) is 0 Å². The first-order chi connectivity index (χ1) is 7.83. The molecule has 0 bridgehead atoms. The zero-order chi connectivity index (χ0) is 11.4. The van der Waals surface area contributed by atoms with Crippen LogP contribution in [0.4, 0.5) is 10.1 Å². The van der Waals surface area contributed by atoms with E-state index in [0.717, 1.165) is 18.8 Å². The van der Waals surface area contributed by atoms with E-state index in [0.29, 0.717) is 18.8 Å². The Bertz CT molecular complexity index is 340. The van der Waals surface area contributed by atoms with Gasteiger partial charge in [0.25, 0.3) is 0 Å². The molecule has 2 N–H and O–H groups in total.